The highest BCUT2D eigenvalue weighted by Crippen LogP contribution is 2.26. The maximum absolute atomic E-state index is 12.8. The van der Waals surface area contributed by atoms with E-state index in [2.05, 4.69) is 4.72 Å². The molecule has 2 atom stereocenters. The maximum Gasteiger partial charge on any atom is 0.274 e. The van der Waals surface area contributed by atoms with E-state index in [1.54, 1.807) is 30.0 Å². The number of hydrogen-bond acceptors (Lipinski definition) is 6. The molecular weight excluding hydrogens is 434 g/mol. The summed E-state index contributed by atoms with van der Waals surface area (Å²) in [7, 11) is -4.06. The molecule has 0 aliphatic carbocycles. The summed E-state index contributed by atoms with van der Waals surface area (Å²) in [4.78, 5) is 28.6. The first-order chi connectivity index (χ1) is 14.3. The summed E-state index contributed by atoms with van der Waals surface area (Å²) in [6.07, 6.45) is 0.269. The summed E-state index contributed by atoms with van der Waals surface area (Å²) >= 11 is 5.93. The fourth-order valence-electron chi connectivity index (χ4n) is 3.74. The van der Waals surface area contributed by atoms with Gasteiger partial charge in [-0.05, 0) is 31.5 Å². The Kier molecular flexibility index (Phi) is 5.75. The van der Waals surface area contributed by atoms with E-state index >= 15 is 0 Å². The first-order valence-electron chi connectivity index (χ1n) is 9.65. The number of rotatable bonds is 5. The van der Waals surface area contributed by atoms with Crippen molar-refractivity contribution in [1.82, 2.24) is 14.5 Å². The first-order valence-corrected chi connectivity index (χ1v) is 11.5. The number of nitrogens with one attached hydrogen (secondary N) is 1. The summed E-state index contributed by atoms with van der Waals surface area (Å²) in [5.74, 6) is -0.587. The van der Waals surface area contributed by atoms with Crippen molar-refractivity contribution in [1.29, 1.82) is 0 Å². The molecule has 4 rings (SSSR count). The minimum atomic E-state index is -4.06. The Labute approximate surface area is 178 Å². The number of carbonyl (C=O) groups excluding carboxylic acids is 2. The van der Waals surface area contributed by atoms with Crippen molar-refractivity contribution in [2.75, 3.05) is 32.8 Å². The Morgan fingerprint density at radius 2 is 1.97 bits per heavy atom. The summed E-state index contributed by atoms with van der Waals surface area (Å²) in [6, 6.07) is 4.53. The fraction of sp³-hybridized carbons (Fsp3) is 0.474. The molecule has 1 aromatic heterocycles. The number of morpholine rings is 1. The van der Waals surface area contributed by atoms with Crippen LogP contribution in [-0.2, 0) is 24.3 Å². The van der Waals surface area contributed by atoms with Crippen molar-refractivity contribution in [3.8, 4) is 0 Å². The number of hydrogen-bond donors (Lipinski definition) is 1. The quantitative estimate of drug-likeness (QED) is 0.725. The van der Waals surface area contributed by atoms with Crippen molar-refractivity contribution in [3.05, 3.63) is 29.3 Å². The van der Waals surface area contributed by atoms with Crippen LogP contribution in [0, 0.1) is 0 Å². The molecule has 1 N–H and O–H groups in total. The van der Waals surface area contributed by atoms with Crippen LogP contribution >= 0.6 is 11.6 Å². The molecule has 30 heavy (non-hydrogen) atoms. The number of likely N-dealkylation sites (tertiary alicyclic amines) is 1. The predicted molar refractivity (Wildman–Crippen MR) is 109 cm³/mol. The molecule has 2 saturated heterocycles. The van der Waals surface area contributed by atoms with Gasteiger partial charge in [0.15, 0.2) is 0 Å². The van der Waals surface area contributed by atoms with Gasteiger partial charge in [0.25, 0.3) is 10.0 Å². The molecule has 162 valence electrons. The number of furan rings is 1. The third-order valence-electron chi connectivity index (χ3n) is 5.41. The van der Waals surface area contributed by atoms with Crippen LogP contribution in [0.2, 0.25) is 5.02 Å². The van der Waals surface area contributed by atoms with Crippen LogP contribution in [0.4, 0.5) is 0 Å². The van der Waals surface area contributed by atoms with Gasteiger partial charge in [-0.1, -0.05) is 11.6 Å². The van der Waals surface area contributed by atoms with Crippen LogP contribution in [0.25, 0.3) is 11.0 Å². The Balaban J connectivity index is 1.45. The van der Waals surface area contributed by atoms with Gasteiger partial charge < -0.3 is 19.0 Å². The van der Waals surface area contributed by atoms with E-state index < -0.39 is 28.0 Å². The fourth-order valence-corrected chi connectivity index (χ4v) is 5.12. The summed E-state index contributed by atoms with van der Waals surface area (Å²) in [6.45, 7) is 3.86. The SMILES string of the molecule is CC(C(=O)N1CCOCC1)N1CCC(NS(=O)(=O)c2cc3cc(Cl)ccc3o2)C1=O. The number of amides is 2. The lowest BCUT2D eigenvalue weighted by molar-refractivity contribution is -0.146. The zero-order chi connectivity index (χ0) is 21.5. The van der Waals surface area contributed by atoms with Gasteiger partial charge in [0, 0.05) is 36.1 Å². The molecule has 0 radical (unpaired) electrons. The molecule has 2 aliphatic heterocycles. The van der Waals surface area contributed by atoms with Gasteiger partial charge in [-0.2, -0.15) is 4.72 Å². The molecule has 2 amide bonds. The third kappa shape index (κ3) is 4.04. The summed E-state index contributed by atoms with van der Waals surface area (Å²) < 4.78 is 38.6. The van der Waals surface area contributed by atoms with Crippen LogP contribution in [0.5, 0.6) is 0 Å². The minimum Gasteiger partial charge on any atom is -0.443 e. The molecule has 1 aromatic carbocycles. The Hall–Kier alpha value is -2.14. The number of benzene rings is 1. The average molecular weight is 456 g/mol. The topological polar surface area (TPSA) is 109 Å². The average Bonchev–Trinajstić information content (AvgIpc) is 3.31. The van der Waals surface area contributed by atoms with Crippen LogP contribution in [0.3, 0.4) is 0 Å². The minimum absolute atomic E-state index is 0.163. The van der Waals surface area contributed by atoms with E-state index in [0.29, 0.717) is 48.8 Å². The van der Waals surface area contributed by atoms with E-state index in [9.17, 15) is 18.0 Å². The maximum atomic E-state index is 12.8. The van der Waals surface area contributed by atoms with Crippen molar-refractivity contribution in [2.24, 2.45) is 0 Å². The molecule has 3 heterocycles. The molecule has 2 unspecified atom stereocenters. The van der Waals surface area contributed by atoms with Crippen LogP contribution in [0.1, 0.15) is 13.3 Å². The van der Waals surface area contributed by atoms with Gasteiger partial charge in [-0.15, -0.1) is 0 Å². The normalized spacial score (nSPS) is 21.4. The van der Waals surface area contributed by atoms with Gasteiger partial charge in [-0.3, -0.25) is 9.59 Å². The molecule has 0 spiro atoms. The third-order valence-corrected chi connectivity index (χ3v) is 6.97. The molecule has 2 aromatic rings. The Morgan fingerprint density at radius 1 is 1.23 bits per heavy atom. The Morgan fingerprint density at radius 3 is 2.70 bits per heavy atom. The lowest BCUT2D eigenvalue weighted by Gasteiger charge is -2.32. The van der Waals surface area contributed by atoms with Crippen LogP contribution in [-0.4, -0.2) is 75.0 Å². The molecule has 0 saturated carbocycles. The van der Waals surface area contributed by atoms with Gasteiger partial charge in [0.05, 0.1) is 13.2 Å². The second-order valence-electron chi connectivity index (χ2n) is 7.36. The van der Waals surface area contributed by atoms with Crippen molar-refractivity contribution >= 4 is 44.4 Å². The number of nitrogens with zero attached hydrogens (tertiary/aromatic N) is 2. The first kappa shape index (κ1) is 21.1. The van der Waals surface area contributed by atoms with Crippen molar-refractivity contribution in [3.63, 3.8) is 0 Å². The van der Waals surface area contributed by atoms with Crippen LogP contribution in [0.15, 0.2) is 33.8 Å². The van der Waals surface area contributed by atoms with Gasteiger partial charge >= 0.3 is 0 Å². The summed E-state index contributed by atoms with van der Waals surface area (Å²) in [5, 5.41) is 0.719. The lowest BCUT2D eigenvalue weighted by Crippen LogP contribution is -2.52. The standard InChI is InChI=1S/C19H22ClN3O6S/c1-12(18(24)22-6-8-28-9-7-22)23-5-4-15(19(23)25)21-30(26,27)17-11-13-10-14(20)2-3-16(13)29-17/h2-3,10-12,15,21H,4-9H2,1H3. The lowest BCUT2D eigenvalue weighted by atomic mass is 10.2. The van der Waals surface area contributed by atoms with E-state index in [-0.39, 0.29) is 17.4 Å². The van der Waals surface area contributed by atoms with Gasteiger partial charge in [-0.25, -0.2) is 8.42 Å². The number of ether oxygens (including phenoxy) is 1. The van der Waals surface area contributed by atoms with E-state index in [0.717, 1.165) is 0 Å². The van der Waals surface area contributed by atoms with E-state index in [4.69, 9.17) is 20.8 Å². The second-order valence-corrected chi connectivity index (χ2v) is 9.44. The zero-order valence-electron chi connectivity index (χ0n) is 16.3. The number of fused-ring (bicyclic) bond motifs is 1. The van der Waals surface area contributed by atoms with Gasteiger partial charge in [0.1, 0.15) is 17.7 Å². The number of sulfonamides is 1. The van der Waals surface area contributed by atoms with E-state index in [1.165, 1.54) is 11.0 Å². The molecular formula is C19H22ClN3O6S. The highest BCUT2D eigenvalue weighted by molar-refractivity contribution is 7.89. The summed E-state index contributed by atoms with van der Waals surface area (Å²) in [5.41, 5.74) is 0.379. The highest BCUT2D eigenvalue weighted by atomic mass is 35.5. The molecule has 2 aliphatic rings. The molecule has 9 nitrogen and oxygen atoms in total. The monoisotopic (exact) mass is 455 g/mol. The van der Waals surface area contributed by atoms with E-state index in [1.807, 2.05) is 0 Å². The molecule has 0 bridgehead atoms. The van der Waals surface area contributed by atoms with Crippen molar-refractivity contribution in [2.45, 2.75) is 30.5 Å². The Bertz CT molecular complexity index is 1080. The largest absolute Gasteiger partial charge is 0.443 e. The second kappa shape index (κ2) is 8.18. The number of halogens is 1. The highest BCUT2D eigenvalue weighted by Gasteiger charge is 2.40. The molecule has 2 fully saturated rings. The zero-order valence-corrected chi connectivity index (χ0v) is 17.9. The molecule has 11 heteroatoms. The van der Waals surface area contributed by atoms with Crippen molar-refractivity contribution < 1.29 is 27.2 Å². The number of carbonyl (C=O) groups is 2. The predicted octanol–water partition coefficient (Wildman–Crippen LogP) is 1.21. The smallest absolute Gasteiger partial charge is 0.274 e. The van der Waals surface area contributed by atoms with Gasteiger partial charge in [0.2, 0.25) is 16.9 Å². The van der Waals surface area contributed by atoms with Crippen LogP contribution < -0.4 is 4.72 Å².